The zero-order chi connectivity index (χ0) is 34.9. The van der Waals surface area contributed by atoms with Crippen LogP contribution in [0.5, 0.6) is 0 Å². The van der Waals surface area contributed by atoms with Gasteiger partial charge in [-0.05, 0) is 81.2 Å². The normalized spacial score (nSPS) is 11.8. The molecule has 0 unspecified atom stereocenters. The van der Waals surface area contributed by atoms with Gasteiger partial charge in [-0.1, -0.05) is 127 Å². The van der Waals surface area contributed by atoms with Crippen molar-refractivity contribution in [2.75, 3.05) is 4.90 Å². The summed E-state index contributed by atoms with van der Waals surface area (Å²) in [5, 5.41) is 9.01. The largest absolute Gasteiger partial charge is 0.456 e. The SMILES string of the molecule is c1cc(-c2cccc3ccccc23)cc(N(c2ccc3c(c2)oc2cccc(-c4nc5c(ccc6ccccc65)o4)c23)c2cccc3ccccc23)c1. The van der Waals surface area contributed by atoms with E-state index >= 15 is 0 Å². The highest BCUT2D eigenvalue weighted by atomic mass is 16.3. The molecule has 0 spiro atoms. The number of furan rings is 1. The van der Waals surface area contributed by atoms with Crippen LogP contribution < -0.4 is 4.90 Å². The molecule has 0 N–H and O–H groups in total. The second-order valence-electron chi connectivity index (χ2n) is 13.5. The summed E-state index contributed by atoms with van der Waals surface area (Å²) in [6.07, 6.45) is 0. The van der Waals surface area contributed by atoms with Crippen LogP contribution in [0.4, 0.5) is 17.1 Å². The van der Waals surface area contributed by atoms with E-state index in [-0.39, 0.29) is 0 Å². The highest BCUT2D eigenvalue weighted by Gasteiger charge is 2.21. The highest BCUT2D eigenvalue weighted by Crippen LogP contribution is 2.44. The van der Waals surface area contributed by atoms with Crippen molar-refractivity contribution in [3.63, 3.8) is 0 Å². The number of anilines is 3. The van der Waals surface area contributed by atoms with Crippen LogP contribution in [0.25, 0.3) is 87.9 Å². The molecular weight excluding hydrogens is 649 g/mol. The van der Waals surface area contributed by atoms with Gasteiger partial charge in [-0.2, -0.15) is 0 Å². The van der Waals surface area contributed by atoms with Crippen LogP contribution in [0.15, 0.2) is 191 Å². The van der Waals surface area contributed by atoms with Crippen LogP contribution >= 0.6 is 0 Å². The van der Waals surface area contributed by atoms with E-state index in [1.807, 2.05) is 30.3 Å². The standard InChI is InChI=1S/C49H30N2O2/c1-4-18-37-31(11-1)14-8-21-38(37)34-16-7-17-35(29-34)51(43-23-9-15-32-12-2-5-19-39(32)43)36-26-27-41-46(30-36)52-44-24-10-22-42(47(41)44)49-50-48-40-20-6-3-13-33(40)25-28-45(48)53-49/h1-30H. The Bertz CT molecular complexity index is 3200. The van der Waals surface area contributed by atoms with E-state index in [1.165, 1.54) is 27.1 Å². The van der Waals surface area contributed by atoms with Crippen molar-refractivity contribution < 1.29 is 8.83 Å². The predicted molar refractivity (Wildman–Crippen MR) is 219 cm³/mol. The van der Waals surface area contributed by atoms with E-state index in [9.17, 15) is 0 Å². The van der Waals surface area contributed by atoms with Gasteiger partial charge in [-0.3, -0.25) is 0 Å². The first-order valence-electron chi connectivity index (χ1n) is 17.9. The fourth-order valence-electron chi connectivity index (χ4n) is 8.03. The van der Waals surface area contributed by atoms with Gasteiger partial charge in [0.15, 0.2) is 5.58 Å². The number of aromatic nitrogens is 1. The van der Waals surface area contributed by atoms with Gasteiger partial charge in [0.2, 0.25) is 5.89 Å². The monoisotopic (exact) mass is 678 g/mol. The predicted octanol–water partition coefficient (Wildman–Crippen LogP) is 14.0. The van der Waals surface area contributed by atoms with Gasteiger partial charge in [0.25, 0.3) is 0 Å². The Morgan fingerprint density at radius 2 is 1.06 bits per heavy atom. The lowest BCUT2D eigenvalue weighted by atomic mass is 9.97. The van der Waals surface area contributed by atoms with E-state index in [1.54, 1.807) is 0 Å². The fraction of sp³-hybridized carbons (Fsp3) is 0. The number of benzene rings is 9. The van der Waals surface area contributed by atoms with E-state index in [0.29, 0.717) is 5.89 Å². The summed E-state index contributed by atoms with van der Waals surface area (Å²) >= 11 is 0. The molecule has 4 nitrogen and oxygen atoms in total. The second-order valence-corrected chi connectivity index (χ2v) is 13.5. The number of rotatable bonds is 5. The first-order valence-corrected chi connectivity index (χ1v) is 17.9. The van der Waals surface area contributed by atoms with Crippen molar-refractivity contribution in [1.82, 2.24) is 4.98 Å². The molecule has 2 heterocycles. The first kappa shape index (κ1) is 29.5. The third-order valence-corrected chi connectivity index (χ3v) is 10.5. The summed E-state index contributed by atoms with van der Waals surface area (Å²) in [5.41, 5.74) is 9.62. The Labute approximate surface area is 304 Å². The topological polar surface area (TPSA) is 42.4 Å². The maximum absolute atomic E-state index is 6.65. The summed E-state index contributed by atoms with van der Waals surface area (Å²) in [7, 11) is 0. The van der Waals surface area contributed by atoms with Gasteiger partial charge in [0.05, 0.1) is 5.69 Å². The lowest BCUT2D eigenvalue weighted by Crippen LogP contribution is -2.10. The molecule has 0 atom stereocenters. The maximum atomic E-state index is 6.65. The molecule has 0 fully saturated rings. The van der Waals surface area contributed by atoms with Crippen LogP contribution in [-0.4, -0.2) is 4.98 Å². The Hall–Kier alpha value is -7.17. The molecule has 0 bridgehead atoms. The molecule has 53 heavy (non-hydrogen) atoms. The van der Waals surface area contributed by atoms with Crippen LogP contribution in [0, 0.1) is 0 Å². The van der Waals surface area contributed by atoms with Crippen molar-refractivity contribution in [3.8, 4) is 22.6 Å². The fourth-order valence-corrected chi connectivity index (χ4v) is 8.03. The molecule has 9 aromatic carbocycles. The molecule has 2 aromatic heterocycles. The average molecular weight is 679 g/mol. The van der Waals surface area contributed by atoms with E-state index in [0.717, 1.165) is 72.0 Å². The lowest BCUT2D eigenvalue weighted by Gasteiger charge is -2.27. The van der Waals surface area contributed by atoms with Gasteiger partial charge < -0.3 is 13.7 Å². The molecule has 0 amide bonds. The van der Waals surface area contributed by atoms with Crippen LogP contribution in [0.1, 0.15) is 0 Å². The minimum Gasteiger partial charge on any atom is -0.456 e. The summed E-state index contributed by atoms with van der Waals surface area (Å²) in [5.74, 6) is 0.580. The van der Waals surface area contributed by atoms with Crippen molar-refractivity contribution >= 4 is 82.4 Å². The highest BCUT2D eigenvalue weighted by molar-refractivity contribution is 6.13. The third-order valence-electron chi connectivity index (χ3n) is 10.5. The minimum atomic E-state index is 0.580. The summed E-state index contributed by atoms with van der Waals surface area (Å²) in [4.78, 5) is 7.38. The number of hydrogen-bond donors (Lipinski definition) is 0. The van der Waals surface area contributed by atoms with Gasteiger partial charge in [0, 0.05) is 44.5 Å². The van der Waals surface area contributed by atoms with Gasteiger partial charge in [0.1, 0.15) is 16.7 Å². The average Bonchev–Trinajstić information content (AvgIpc) is 3.83. The second kappa shape index (κ2) is 11.7. The van der Waals surface area contributed by atoms with Gasteiger partial charge in [-0.25, -0.2) is 4.98 Å². The Morgan fingerprint density at radius 1 is 0.396 bits per heavy atom. The quantitative estimate of drug-likeness (QED) is 0.182. The van der Waals surface area contributed by atoms with Gasteiger partial charge >= 0.3 is 0 Å². The number of hydrogen-bond acceptors (Lipinski definition) is 4. The molecule has 0 radical (unpaired) electrons. The summed E-state index contributed by atoms with van der Waals surface area (Å²) in [6, 6.07) is 64.0. The number of nitrogens with zero attached hydrogens (tertiary/aromatic N) is 2. The molecule has 248 valence electrons. The summed E-state index contributed by atoms with van der Waals surface area (Å²) < 4.78 is 13.1. The Morgan fingerprint density at radius 3 is 1.92 bits per heavy atom. The molecule has 4 heteroatoms. The first-order chi connectivity index (χ1) is 26.3. The molecule has 11 rings (SSSR count). The Kier molecular flexibility index (Phi) is 6.52. The van der Waals surface area contributed by atoms with Crippen molar-refractivity contribution in [2.24, 2.45) is 0 Å². The van der Waals surface area contributed by atoms with Crippen molar-refractivity contribution in [2.45, 2.75) is 0 Å². The van der Waals surface area contributed by atoms with E-state index in [4.69, 9.17) is 13.8 Å². The molecule has 0 saturated carbocycles. The number of fused-ring (bicyclic) bond motifs is 8. The van der Waals surface area contributed by atoms with Crippen molar-refractivity contribution in [1.29, 1.82) is 0 Å². The molecule has 0 aliphatic carbocycles. The zero-order valence-electron chi connectivity index (χ0n) is 28.5. The van der Waals surface area contributed by atoms with E-state index < -0.39 is 0 Å². The third kappa shape index (κ3) is 4.73. The van der Waals surface area contributed by atoms with Crippen LogP contribution in [-0.2, 0) is 0 Å². The minimum absolute atomic E-state index is 0.580. The van der Waals surface area contributed by atoms with Crippen LogP contribution in [0.3, 0.4) is 0 Å². The van der Waals surface area contributed by atoms with Gasteiger partial charge in [-0.15, -0.1) is 0 Å². The molecule has 0 aliphatic heterocycles. The Balaban J connectivity index is 1.10. The van der Waals surface area contributed by atoms with E-state index in [2.05, 4.69) is 157 Å². The smallest absolute Gasteiger partial charge is 0.228 e. The van der Waals surface area contributed by atoms with Crippen molar-refractivity contribution in [3.05, 3.63) is 182 Å². The lowest BCUT2D eigenvalue weighted by molar-refractivity contribution is 0.620. The molecule has 0 aliphatic rings. The molecule has 11 aromatic rings. The number of oxazole rings is 1. The molecule has 0 saturated heterocycles. The summed E-state index contributed by atoms with van der Waals surface area (Å²) in [6.45, 7) is 0. The van der Waals surface area contributed by atoms with Crippen LogP contribution in [0.2, 0.25) is 0 Å². The molecular formula is C49H30N2O2. The maximum Gasteiger partial charge on any atom is 0.228 e. The zero-order valence-corrected chi connectivity index (χ0v) is 28.5.